The number of anilines is 1. The number of amides is 1. The summed E-state index contributed by atoms with van der Waals surface area (Å²) in [4.78, 5) is 13.2. The highest BCUT2D eigenvalue weighted by molar-refractivity contribution is 9.10. The number of hydrogen-bond donors (Lipinski definition) is 3. The fourth-order valence-electron chi connectivity index (χ4n) is 2.20. The zero-order valence-electron chi connectivity index (χ0n) is 14.3. The summed E-state index contributed by atoms with van der Waals surface area (Å²) in [5.74, 6) is 0.0862. The number of nitrogens with one attached hydrogen (secondary N) is 3. The molecule has 0 aliphatic carbocycles. The van der Waals surface area contributed by atoms with Gasteiger partial charge in [-0.25, -0.2) is 0 Å². The summed E-state index contributed by atoms with van der Waals surface area (Å²) in [6.45, 7) is 1.89. The maximum atomic E-state index is 12.0. The largest absolute Gasteiger partial charge is 0.331 e. The van der Waals surface area contributed by atoms with Crippen molar-refractivity contribution < 1.29 is 4.79 Å². The summed E-state index contributed by atoms with van der Waals surface area (Å²) in [5.41, 5.74) is 7.88. The standard InChI is InChI=1S/C17H16BrN7OS/c1-11-3-2-4-14(9-11)19-17(27)22-20-15(26)10-25-23-16(21-24-25)12-5-7-13(18)8-6-12/h2-9H,10H2,1H3,(H,20,26)(H2,19,22,27). The Hall–Kier alpha value is -2.85. The average Bonchev–Trinajstić information content (AvgIpc) is 3.09. The van der Waals surface area contributed by atoms with Gasteiger partial charge in [0.1, 0.15) is 6.54 Å². The first-order valence-electron chi connectivity index (χ1n) is 7.96. The second-order valence-corrected chi connectivity index (χ2v) is 6.97. The monoisotopic (exact) mass is 445 g/mol. The van der Waals surface area contributed by atoms with Crippen LogP contribution >= 0.6 is 28.1 Å². The topological polar surface area (TPSA) is 96.8 Å². The lowest BCUT2D eigenvalue weighted by Crippen LogP contribution is -2.45. The number of tetrazole rings is 1. The summed E-state index contributed by atoms with van der Waals surface area (Å²) in [7, 11) is 0. The van der Waals surface area contributed by atoms with Gasteiger partial charge >= 0.3 is 0 Å². The average molecular weight is 446 g/mol. The summed E-state index contributed by atoms with van der Waals surface area (Å²) in [5, 5.41) is 15.3. The minimum absolute atomic E-state index is 0.0937. The summed E-state index contributed by atoms with van der Waals surface area (Å²) < 4.78 is 0.958. The van der Waals surface area contributed by atoms with Crippen molar-refractivity contribution in [2.24, 2.45) is 0 Å². The first-order chi connectivity index (χ1) is 13.0. The van der Waals surface area contributed by atoms with E-state index in [1.54, 1.807) is 0 Å². The van der Waals surface area contributed by atoms with Crippen LogP contribution in [0.15, 0.2) is 53.0 Å². The van der Waals surface area contributed by atoms with Gasteiger partial charge in [-0.05, 0) is 66.3 Å². The lowest BCUT2D eigenvalue weighted by Gasteiger charge is -2.11. The molecule has 0 saturated carbocycles. The predicted molar refractivity (Wildman–Crippen MR) is 110 cm³/mol. The van der Waals surface area contributed by atoms with E-state index in [1.807, 2.05) is 55.5 Å². The van der Waals surface area contributed by atoms with E-state index in [1.165, 1.54) is 4.80 Å². The molecular formula is C17H16BrN7OS. The molecule has 3 aromatic rings. The van der Waals surface area contributed by atoms with Gasteiger partial charge in [-0.2, -0.15) is 4.80 Å². The molecule has 1 aromatic heterocycles. The third kappa shape index (κ3) is 5.56. The van der Waals surface area contributed by atoms with Crippen LogP contribution in [0.3, 0.4) is 0 Å². The minimum atomic E-state index is -0.358. The maximum Gasteiger partial charge on any atom is 0.262 e. The Bertz CT molecular complexity index is 958. The molecule has 0 bridgehead atoms. The maximum absolute atomic E-state index is 12.0. The fraction of sp³-hybridized carbons (Fsp3) is 0.118. The molecule has 2 aromatic carbocycles. The molecule has 0 radical (unpaired) electrons. The fourth-order valence-corrected chi connectivity index (χ4v) is 2.64. The molecule has 0 fully saturated rings. The number of aromatic nitrogens is 4. The molecule has 1 amide bonds. The van der Waals surface area contributed by atoms with Crippen LogP contribution in [-0.4, -0.2) is 31.2 Å². The highest BCUT2D eigenvalue weighted by Gasteiger charge is 2.09. The SMILES string of the molecule is Cc1cccc(NC(=S)NNC(=O)Cn2nnc(-c3ccc(Br)cc3)n2)c1. The van der Waals surface area contributed by atoms with Crippen LogP contribution in [0.1, 0.15) is 5.56 Å². The van der Waals surface area contributed by atoms with Crippen LogP contribution in [0.4, 0.5) is 5.69 Å². The van der Waals surface area contributed by atoms with Gasteiger partial charge in [0.05, 0.1) is 0 Å². The number of carbonyl (C=O) groups is 1. The molecule has 0 saturated heterocycles. The van der Waals surface area contributed by atoms with Crippen molar-refractivity contribution in [3.8, 4) is 11.4 Å². The lowest BCUT2D eigenvalue weighted by atomic mass is 10.2. The van der Waals surface area contributed by atoms with E-state index in [2.05, 4.69) is 47.5 Å². The number of rotatable bonds is 4. The molecular weight excluding hydrogens is 430 g/mol. The summed E-state index contributed by atoms with van der Waals surface area (Å²) >= 11 is 8.52. The van der Waals surface area contributed by atoms with Gasteiger partial charge in [0.2, 0.25) is 5.82 Å². The second-order valence-electron chi connectivity index (χ2n) is 5.65. The number of carbonyl (C=O) groups excluding carboxylic acids is 1. The third-order valence-corrected chi connectivity index (χ3v) is 4.16. The van der Waals surface area contributed by atoms with Crippen molar-refractivity contribution in [2.75, 3.05) is 5.32 Å². The molecule has 8 nitrogen and oxygen atoms in total. The van der Waals surface area contributed by atoms with E-state index in [-0.39, 0.29) is 17.6 Å². The number of aryl methyl sites for hydroxylation is 1. The Labute approximate surface area is 169 Å². The molecule has 0 atom stereocenters. The molecule has 0 aliphatic rings. The van der Waals surface area contributed by atoms with Crippen molar-refractivity contribution in [3.05, 3.63) is 58.6 Å². The third-order valence-electron chi connectivity index (χ3n) is 3.43. The normalized spacial score (nSPS) is 10.3. The van der Waals surface area contributed by atoms with E-state index in [9.17, 15) is 4.79 Å². The van der Waals surface area contributed by atoms with Gasteiger partial charge < -0.3 is 5.32 Å². The quantitative estimate of drug-likeness (QED) is 0.419. The molecule has 0 aliphatic heterocycles. The Morgan fingerprint density at radius 2 is 1.96 bits per heavy atom. The molecule has 0 spiro atoms. The van der Waals surface area contributed by atoms with E-state index in [4.69, 9.17) is 12.2 Å². The molecule has 0 unspecified atom stereocenters. The van der Waals surface area contributed by atoms with Crippen molar-refractivity contribution in [1.29, 1.82) is 0 Å². The van der Waals surface area contributed by atoms with E-state index >= 15 is 0 Å². The van der Waals surface area contributed by atoms with Crippen LogP contribution in [0, 0.1) is 6.92 Å². The molecule has 138 valence electrons. The number of hydrogen-bond acceptors (Lipinski definition) is 5. The van der Waals surface area contributed by atoms with E-state index < -0.39 is 0 Å². The zero-order chi connectivity index (χ0) is 19.2. The highest BCUT2D eigenvalue weighted by atomic mass is 79.9. The van der Waals surface area contributed by atoms with E-state index in [0.717, 1.165) is 21.3 Å². The van der Waals surface area contributed by atoms with Crippen LogP contribution in [-0.2, 0) is 11.3 Å². The van der Waals surface area contributed by atoms with Gasteiger partial charge in [-0.1, -0.05) is 28.1 Å². The van der Waals surface area contributed by atoms with Crippen molar-refractivity contribution in [2.45, 2.75) is 13.5 Å². The molecule has 27 heavy (non-hydrogen) atoms. The Balaban J connectivity index is 1.49. The van der Waals surface area contributed by atoms with Crippen LogP contribution in [0.5, 0.6) is 0 Å². The number of halogens is 1. The molecule has 3 N–H and O–H groups in total. The summed E-state index contributed by atoms with van der Waals surface area (Å²) in [6, 6.07) is 15.2. The first kappa shape index (κ1) is 18.9. The second kappa shape index (κ2) is 8.69. The Morgan fingerprint density at radius 1 is 1.19 bits per heavy atom. The lowest BCUT2D eigenvalue weighted by molar-refractivity contribution is -0.122. The van der Waals surface area contributed by atoms with Crippen molar-refractivity contribution >= 4 is 44.9 Å². The Kier molecular flexibility index (Phi) is 6.09. The van der Waals surface area contributed by atoms with Crippen LogP contribution in [0.2, 0.25) is 0 Å². The number of benzene rings is 2. The number of hydrazine groups is 1. The number of nitrogens with zero attached hydrogens (tertiary/aromatic N) is 4. The van der Waals surface area contributed by atoms with Gasteiger partial charge in [0.25, 0.3) is 5.91 Å². The van der Waals surface area contributed by atoms with Crippen LogP contribution < -0.4 is 16.2 Å². The van der Waals surface area contributed by atoms with Gasteiger partial charge in [-0.15, -0.1) is 10.2 Å². The van der Waals surface area contributed by atoms with Gasteiger partial charge in [0.15, 0.2) is 5.11 Å². The molecule has 10 heteroatoms. The smallest absolute Gasteiger partial charge is 0.262 e. The summed E-state index contributed by atoms with van der Waals surface area (Å²) in [6.07, 6.45) is 0. The highest BCUT2D eigenvalue weighted by Crippen LogP contribution is 2.17. The van der Waals surface area contributed by atoms with Gasteiger partial charge in [0, 0.05) is 15.7 Å². The predicted octanol–water partition coefficient (Wildman–Crippen LogP) is 2.43. The van der Waals surface area contributed by atoms with Crippen molar-refractivity contribution in [3.63, 3.8) is 0 Å². The number of thiocarbonyl (C=S) groups is 1. The van der Waals surface area contributed by atoms with Gasteiger partial charge in [-0.3, -0.25) is 15.6 Å². The Morgan fingerprint density at radius 3 is 2.70 bits per heavy atom. The van der Waals surface area contributed by atoms with Crippen LogP contribution in [0.25, 0.3) is 11.4 Å². The first-order valence-corrected chi connectivity index (χ1v) is 9.16. The van der Waals surface area contributed by atoms with Crippen molar-refractivity contribution in [1.82, 2.24) is 31.1 Å². The van der Waals surface area contributed by atoms with E-state index in [0.29, 0.717) is 5.82 Å². The molecule has 3 rings (SSSR count). The minimum Gasteiger partial charge on any atom is -0.331 e. The zero-order valence-corrected chi connectivity index (χ0v) is 16.7. The molecule has 1 heterocycles.